The summed E-state index contributed by atoms with van der Waals surface area (Å²) in [5.41, 5.74) is -0.0757. The average Bonchev–Trinajstić information content (AvgIpc) is 2.31. The standard InChI is InChI=1S/C10H12Cl2N2O4S/c11-5-1-2-6-19(17,18)13-10-4-3-8(14(15)16)7-9(10)12/h3-4,7,13H,1-2,5-6H2. The van der Waals surface area contributed by atoms with Crippen LogP contribution in [-0.2, 0) is 10.0 Å². The van der Waals surface area contributed by atoms with E-state index in [1.807, 2.05) is 0 Å². The number of hydrogen-bond donors (Lipinski definition) is 1. The number of hydrogen-bond acceptors (Lipinski definition) is 4. The molecule has 0 bridgehead atoms. The fraction of sp³-hybridized carbons (Fsp3) is 0.400. The summed E-state index contributed by atoms with van der Waals surface area (Å²) in [6, 6.07) is 3.54. The van der Waals surface area contributed by atoms with E-state index in [1.165, 1.54) is 12.1 Å². The third-order valence-corrected chi connectivity index (χ3v) is 4.16. The van der Waals surface area contributed by atoms with Gasteiger partial charge in [0.15, 0.2) is 0 Å². The summed E-state index contributed by atoms with van der Waals surface area (Å²) in [7, 11) is -3.53. The van der Waals surface area contributed by atoms with Gasteiger partial charge in [-0.25, -0.2) is 8.42 Å². The topological polar surface area (TPSA) is 89.3 Å². The second-order valence-corrected chi connectivity index (χ2v) is 6.37. The SMILES string of the molecule is O=[N+]([O-])c1ccc(NS(=O)(=O)CCCCCl)c(Cl)c1. The van der Waals surface area contributed by atoms with E-state index in [9.17, 15) is 18.5 Å². The monoisotopic (exact) mass is 326 g/mol. The second-order valence-electron chi connectivity index (χ2n) is 3.74. The first kappa shape index (κ1) is 16.0. The number of nitro benzene ring substituents is 1. The smallest absolute Gasteiger partial charge is 0.271 e. The molecule has 0 saturated heterocycles. The van der Waals surface area contributed by atoms with Crippen LogP contribution in [0.4, 0.5) is 11.4 Å². The number of rotatable bonds is 7. The molecule has 0 aliphatic rings. The van der Waals surface area contributed by atoms with Gasteiger partial charge in [-0.2, -0.15) is 0 Å². The Balaban J connectivity index is 2.79. The zero-order valence-corrected chi connectivity index (χ0v) is 12.1. The fourth-order valence-electron chi connectivity index (χ4n) is 1.31. The molecule has 1 aromatic rings. The van der Waals surface area contributed by atoms with E-state index < -0.39 is 14.9 Å². The highest BCUT2D eigenvalue weighted by Gasteiger charge is 2.14. The summed E-state index contributed by atoms with van der Waals surface area (Å²) in [6.45, 7) is 0. The minimum Gasteiger partial charge on any atom is -0.282 e. The molecule has 1 N–H and O–H groups in total. The summed E-state index contributed by atoms with van der Waals surface area (Å²) in [4.78, 5) is 9.91. The normalized spacial score (nSPS) is 11.3. The lowest BCUT2D eigenvalue weighted by atomic mass is 10.3. The molecule has 19 heavy (non-hydrogen) atoms. The van der Waals surface area contributed by atoms with Crippen molar-refractivity contribution in [2.75, 3.05) is 16.4 Å². The van der Waals surface area contributed by atoms with Gasteiger partial charge >= 0.3 is 0 Å². The van der Waals surface area contributed by atoms with Crippen molar-refractivity contribution in [3.05, 3.63) is 33.3 Å². The highest BCUT2D eigenvalue weighted by molar-refractivity contribution is 7.92. The Bertz CT molecular complexity index is 563. The number of halogens is 2. The van der Waals surface area contributed by atoms with Crippen molar-refractivity contribution in [3.63, 3.8) is 0 Å². The number of sulfonamides is 1. The van der Waals surface area contributed by atoms with E-state index in [1.54, 1.807) is 0 Å². The predicted molar refractivity (Wildman–Crippen MR) is 75.5 cm³/mol. The van der Waals surface area contributed by atoms with Crippen molar-refractivity contribution in [2.24, 2.45) is 0 Å². The molecule has 9 heteroatoms. The van der Waals surface area contributed by atoms with Gasteiger partial charge in [0, 0.05) is 18.0 Å². The van der Waals surface area contributed by atoms with E-state index in [0.717, 1.165) is 6.07 Å². The molecule has 6 nitrogen and oxygen atoms in total. The predicted octanol–water partition coefficient (Wildman–Crippen LogP) is 3.01. The molecule has 0 heterocycles. The molecule has 106 valence electrons. The first-order valence-corrected chi connectivity index (χ1v) is 7.92. The number of non-ortho nitro benzene ring substituents is 1. The van der Waals surface area contributed by atoms with Crippen molar-refractivity contribution in [2.45, 2.75) is 12.8 Å². The largest absolute Gasteiger partial charge is 0.282 e. The first-order valence-electron chi connectivity index (χ1n) is 5.36. The lowest BCUT2D eigenvalue weighted by molar-refractivity contribution is -0.384. The van der Waals surface area contributed by atoms with Crippen molar-refractivity contribution < 1.29 is 13.3 Å². The van der Waals surface area contributed by atoms with Gasteiger partial charge < -0.3 is 0 Å². The maximum absolute atomic E-state index is 11.7. The molecular weight excluding hydrogens is 315 g/mol. The number of anilines is 1. The summed E-state index contributed by atoms with van der Waals surface area (Å²) in [6.07, 6.45) is 1.03. The maximum Gasteiger partial charge on any atom is 0.271 e. The van der Waals surface area contributed by atoms with Crippen LogP contribution in [0, 0.1) is 10.1 Å². The third kappa shape index (κ3) is 5.22. The van der Waals surface area contributed by atoms with Gasteiger partial charge in [0.25, 0.3) is 5.69 Å². The average molecular weight is 327 g/mol. The molecule has 0 amide bonds. The molecular formula is C10H12Cl2N2O4S. The van der Waals surface area contributed by atoms with E-state index in [2.05, 4.69) is 4.72 Å². The molecule has 0 unspecified atom stereocenters. The van der Waals surface area contributed by atoms with Gasteiger partial charge in [0.2, 0.25) is 10.0 Å². The molecule has 0 saturated carbocycles. The first-order chi connectivity index (χ1) is 8.85. The highest BCUT2D eigenvalue weighted by atomic mass is 35.5. The Hall–Kier alpha value is -1.05. The van der Waals surface area contributed by atoms with Crippen LogP contribution in [0.25, 0.3) is 0 Å². The molecule has 1 rings (SSSR count). The summed E-state index contributed by atoms with van der Waals surface area (Å²) < 4.78 is 25.7. The van der Waals surface area contributed by atoms with Crippen LogP contribution in [0.1, 0.15) is 12.8 Å². The number of unbranched alkanes of at least 4 members (excludes halogenated alkanes) is 1. The zero-order chi connectivity index (χ0) is 14.5. The number of alkyl halides is 1. The Kier molecular flexibility index (Phi) is 5.84. The van der Waals surface area contributed by atoms with Crippen LogP contribution in [0.15, 0.2) is 18.2 Å². The van der Waals surface area contributed by atoms with Gasteiger partial charge in [-0.05, 0) is 18.9 Å². The van der Waals surface area contributed by atoms with E-state index in [-0.39, 0.29) is 22.2 Å². The van der Waals surface area contributed by atoms with Crippen LogP contribution in [0.5, 0.6) is 0 Å². The van der Waals surface area contributed by atoms with Crippen molar-refractivity contribution >= 4 is 44.6 Å². The van der Waals surface area contributed by atoms with Gasteiger partial charge in [-0.1, -0.05) is 11.6 Å². The van der Waals surface area contributed by atoms with Gasteiger partial charge in [-0.15, -0.1) is 11.6 Å². The molecule has 0 spiro atoms. The lowest BCUT2D eigenvalue weighted by Gasteiger charge is -2.09. The molecule has 0 radical (unpaired) electrons. The summed E-state index contributed by atoms with van der Waals surface area (Å²) >= 11 is 11.3. The van der Waals surface area contributed by atoms with Gasteiger partial charge in [-0.3, -0.25) is 14.8 Å². The van der Waals surface area contributed by atoms with Crippen LogP contribution >= 0.6 is 23.2 Å². The fourth-order valence-corrected chi connectivity index (χ4v) is 2.97. The summed E-state index contributed by atoms with van der Waals surface area (Å²) in [5.74, 6) is 0.320. The number of nitrogens with one attached hydrogen (secondary N) is 1. The van der Waals surface area contributed by atoms with Crippen molar-refractivity contribution in [1.29, 1.82) is 0 Å². The highest BCUT2D eigenvalue weighted by Crippen LogP contribution is 2.27. The summed E-state index contributed by atoms with van der Waals surface area (Å²) in [5, 5.41) is 10.5. The number of nitrogens with zero attached hydrogens (tertiary/aromatic N) is 1. The van der Waals surface area contributed by atoms with Crippen LogP contribution in [0.3, 0.4) is 0 Å². The Morgan fingerprint density at radius 1 is 1.32 bits per heavy atom. The molecule has 0 aliphatic heterocycles. The van der Waals surface area contributed by atoms with E-state index in [4.69, 9.17) is 23.2 Å². The third-order valence-electron chi connectivity index (χ3n) is 2.23. The second kappa shape index (κ2) is 6.93. The lowest BCUT2D eigenvalue weighted by Crippen LogP contribution is -2.17. The molecule has 0 aliphatic carbocycles. The van der Waals surface area contributed by atoms with Crippen molar-refractivity contribution in [1.82, 2.24) is 0 Å². The molecule has 0 fully saturated rings. The van der Waals surface area contributed by atoms with Crippen LogP contribution in [-0.4, -0.2) is 25.0 Å². The van der Waals surface area contributed by atoms with Crippen molar-refractivity contribution in [3.8, 4) is 0 Å². The molecule has 0 aromatic heterocycles. The maximum atomic E-state index is 11.7. The Morgan fingerprint density at radius 2 is 2.00 bits per heavy atom. The van der Waals surface area contributed by atoms with Crippen LogP contribution < -0.4 is 4.72 Å². The molecule has 1 aromatic carbocycles. The Labute approximate surface area is 120 Å². The minimum absolute atomic E-state index is 0.0184. The number of benzene rings is 1. The molecule has 0 atom stereocenters. The van der Waals surface area contributed by atoms with E-state index in [0.29, 0.717) is 18.7 Å². The van der Waals surface area contributed by atoms with Gasteiger partial charge in [0.1, 0.15) is 0 Å². The minimum atomic E-state index is -3.53. The zero-order valence-electron chi connectivity index (χ0n) is 9.80. The van der Waals surface area contributed by atoms with Crippen LogP contribution in [0.2, 0.25) is 5.02 Å². The quantitative estimate of drug-likeness (QED) is 0.361. The van der Waals surface area contributed by atoms with E-state index >= 15 is 0 Å². The number of nitro groups is 1. The Morgan fingerprint density at radius 3 is 2.53 bits per heavy atom. The van der Waals surface area contributed by atoms with Gasteiger partial charge in [0.05, 0.1) is 21.4 Å².